The molecule has 0 saturated carbocycles. The second-order valence-electron chi connectivity index (χ2n) is 4.87. The number of rotatable bonds is 4. The van der Waals surface area contributed by atoms with Crippen LogP contribution in [0, 0.1) is 5.92 Å². The summed E-state index contributed by atoms with van der Waals surface area (Å²) in [5, 5.41) is 19.1. The number of aliphatic hydroxyl groups excluding tert-OH is 1. The number of nitrogens with zero attached hydrogens (tertiary/aromatic N) is 2. The maximum Gasteiger partial charge on any atom is 0.0932 e. The lowest BCUT2D eigenvalue weighted by atomic mass is 9.98. The van der Waals surface area contributed by atoms with Gasteiger partial charge >= 0.3 is 0 Å². The molecule has 0 saturated heterocycles. The quantitative estimate of drug-likeness (QED) is 0.878. The summed E-state index contributed by atoms with van der Waals surface area (Å²) in [4.78, 5) is 0. The van der Waals surface area contributed by atoms with Gasteiger partial charge < -0.3 is 5.11 Å². The molecule has 3 heteroatoms. The molecule has 0 aliphatic heterocycles. The lowest BCUT2D eigenvalue weighted by molar-refractivity contribution is 0.149. The fraction of sp³-hybridized carbons (Fsp3) is 0.429. The monoisotopic (exact) mass is 230 g/mol. The van der Waals surface area contributed by atoms with E-state index in [2.05, 4.69) is 24.0 Å². The molecule has 3 nitrogen and oxygen atoms in total. The van der Waals surface area contributed by atoms with Crippen molar-refractivity contribution in [2.45, 2.75) is 32.8 Å². The Labute approximate surface area is 102 Å². The van der Waals surface area contributed by atoms with Crippen molar-refractivity contribution < 1.29 is 5.11 Å². The third-order valence-corrected chi connectivity index (χ3v) is 2.83. The highest BCUT2D eigenvalue weighted by Crippen LogP contribution is 2.18. The van der Waals surface area contributed by atoms with Gasteiger partial charge in [0.1, 0.15) is 0 Å². The summed E-state index contributed by atoms with van der Waals surface area (Å²) in [6.07, 6.45) is 2.92. The van der Waals surface area contributed by atoms with Crippen molar-refractivity contribution in [1.29, 1.82) is 0 Å². The molecule has 0 aliphatic rings. The van der Waals surface area contributed by atoms with Gasteiger partial charge in [0.2, 0.25) is 0 Å². The molecular weight excluding hydrogens is 212 g/mol. The van der Waals surface area contributed by atoms with Crippen LogP contribution in [0.5, 0.6) is 0 Å². The summed E-state index contributed by atoms with van der Waals surface area (Å²) in [6, 6.07) is 7.91. The summed E-state index contributed by atoms with van der Waals surface area (Å²) < 4.78 is 0. The van der Waals surface area contributed by atoms with Crippen molar-refractivity contribution in [2.75, 3.05) is 0 Å². The normalized spacial score (nSPS) is 13.2. The van der Waals surface area contributed by atoms with Gasteiger partial charge in [0.25, 0.3) is 0 Å². The Morgan fingerprint density at radius 2 is 2.00 bits per heavy atom. The first kappa shape index (κ1) is 12.0. The number of aromatic nitrogens is 2. The van der Waals surface area contributed by atoms with Gasteiger partial charge in [-0.3, -0.25) is 0 Å². The number of fused-ring (bicyclic) bond motifs is 1. The van der Waals surface area contributed by atoms with Crippen molar-refractivity contribution in [3.8, 4) is 0 Å². The van der Waals surface area contributed by atoms with E-state index in [1.54, 1.807) is 6.20 Å². The summed E-state index contributed by atoms with van der Waals surface area (Å²) in [6.45, 7) is 4.23. The average molecular weight is 230 g/mol. The Kier molecular flexibility index (Phi) is 3.69. The van der Waals surface area contributed by atoms with Gasteiger partial charge in [0.05, 0.1) is 17.8 Å². The van der Waals surface area contributed by atoms with E-state index in [0.717, 1.165) is 22.9 Å². The fourth-order valence-corrected chi connectivity index (χ4v) is 2.11. The minimum Gasteiger partial charge on any atom is -0.393 e. The van der Waals surface area contributed by atoms with E-state index in [-0.39, 0.29) is 6.10 Å². The van der Waals surface area contributed by atoms with Gasteiger partial charge in [-0.2, -0.15) is 10.2 Å². The molecule has 1 heterocycles. The second kappa shape index (κ2) is 5.23. The van der Waals surface area contributed by atoms with E-state index < -0.39 is 0 Å². The molecule has 0 aliphatic carbocycles. The predicted octanol–water partition coefficient (Wildman–Crippen LogP) is 2.58. The largest absolute Gasteiger partial charge is 0.393 e. The second-order valence-corrected chi connectivity index (χ2v) is 4.87. The third-order valence-electron chi connectivity index (χ3n) is 2.83. The number of hydrogen-bond acceptors (Lipinski definition) is 3. The molecule has 1 N–H and O–H groups in total. The Hall–Kier alpha value is -1.48. The zero-order valence-electron chi connectivity index (χ0n) is 10.3. The molecule has 1 aromatic heterocycles. The van der Waals surface area contributed by atoms with Gasteiger partial charge in [0.15, 0.2) is 0 Å². The Morgan fingerprint density at radius 3 is 2.76 bits per heavy atom. The van der Waals surface area contributed by atoms with Crippen LogP contribution in [0.2, 0.25) is 0 Å². The van der Waals surface area contributed by atoms with Crippen molar-refractivity contribution in [2.24, 2.45) is 5.92 Å². The van der Waals surface area contributed by atoms with E-state index >= 15 is 0 Å². The number of aliphatic hydroxyl groups is 1. The van der Waals surface area contributed by atoms with Gasteiger partial charge in [-0.25, -0.2) is 0 Å². The molecule has 0 spiro atoms. The average Bonchev–Trinajstić information content (AvgIpc) is 2.28. The molecule has 0 fully saturated rings. The number of benzene rings is 1. The molecule has 1 unspecified atom stereocenters. The molecule has 90 valence electrons. The third kappa shape index (κ3) is 3.01. The van der Waals surface area contributed by atoms with Crippen molar-refractivity contribution in [3.05, 3.63) is 36.0 Å². The zero-order chi connectivity index (χ0) is 12.3. The molecule has 0 bridgehead atoms. The van der Waals surface area contributed by atoms with Crippen molar-refractivity contribution in [3.63, 3.8) is 0 Å². The van der Waals surface area contributed by atoms with Gasteiger partial charge in [0, 0.05) is 11.8 Å². The molecule has 1 atom stereocenters. The van der Waals surface area contributed by atoms with Crippen LogP contribution in [0.4, 0.5) is 0 Å². The summed E-state index contributed by atoms with van der Waals surface area (Å²) in [7, 11) is 0. The first-order chi connectivity index (χ1) is 8.16. The molecule has 17 heavy (non-hydrogen) atoms. The van der Waals surface area contributed by atoms with E-state index in [1.165, 1.54) is 0 Å². The zero-order valence-corrected chi connectivity index (χ0v) is 10.3. The molecule has 0 amide bonds. The SMILES string of the molecule is CC(C)CC(O)Cc1cnnc2ccccc12. The molecule has 2 rings (SSSR count). The molecule has 2 aromatic rings. The molecular formula is C14H18N2O. The maximum atomic E-state index is 9.98. The minimum absolute atomic E-state index is 0.303. The Bertz CT molecular complexity index is 491. The lowest BCUT2D eigenvalue weighted by Gasteiger charge is -2.13. The molecule has 1 aromatic carbocycles. The van der Waals surface area contributed by atoms with Crippen LogP contribution in [0.15, 0.2) is 30.5 Å². The Morgan fingerprint density at radius 1 is 1.24 bits per heavy atom. The standard InChI is InChI=1S/C14H18N2O/c1-10(2)7-12(17)8-11-9-15-16-14-6-4-3-5-13(11)14/h3-6,9-10,12,17H,7-8H2,1-2H3. The van der Waals surface area contributed by atoms with Crippen molar-refractivity contribution in [1.82, 2.24) is 10.2 Å². The highest BCUT2D eigenvalue weighted by atomic mass is 16.3. The van der Waals surface area contributed by atoms with Crippen LogP contribution in [-0.2, 0) is 6.42 Å². The van der Waals surface area contributed by atoms with Crippen LogP contribution >= 0.6 is 0 Å². The summed E-state index contributed by atoms with van der Waals surface area (Å²) >= 11 is 0. The van der Waals surface area contributed by atoms with Crippen LogP contribution in [0.1, 0.15) is 25.8 Å². The van der Waals surface area contributed by atoms with Crippen LogP contribution in [-0.4, -0.2) is 21.4 Å². The highest BCUT2D eigenvalue weighted by Gasteiger charge is 2.10. The van der Waals surface area contributed by atoms with Crippen LogP contribution in [0.3, 0.4) is 0 Å². The van der Waals surface area contributed by atoms with Gasteiger partial charge in [-0.15, -0.1) is 0 Å². The smallest absolute Gasteiger partial charge is 0.0932 e. The number of hydrogen-bond donors (Lipinski definition) is 1. The Balaban J connectivity index is 2.24. The molecule has 0 radical (unpaired) electrons. The van der Waals surface area contributed by atoms with E-state index in [1.807, 2.05) is 24.3 Å². The van der Waals surface area contributed by atoms with E-state index in [9.17, 15) is 5.11 Å². The minimum atomic E-state index is -0.303. The highest BCUT2D eigenvalue weighted by molar-refractivity contribution is 5.81. The van der Waals surface area contributed by atoms with Gasteiger partial charge in [-0.05, 0) is 24.0 Å². The van der Waals surface area contributed by atoms with Crippen molar-refractivity contribution >= 4 is 10.9 Å². The van der Waals surface area contributed by atoms with Crippen LogP contribution in [0.25, 0.3) is 10.9 Å². The van der Waals surface area contributed by atoms with E-state index in [4.69, 9.17) is 0 Å². The maximum absolute atomic E-state index is 9.98. The fourth-order valence-electron chi connectivity index (χ4n) is 2.11. The summed E-state index contributed by atoms with van der Waals surface area (Å²) in [5.74, 6) is 0.506. The topological polar surface area (TPSA) is 46.0 Å². The first-order valence-electron chi connectivity index (χ1n) is 6.04. The predicted molar refractivity (Wildman–Crippen MR) is 68.7 cm³/mol. The first-order valence-corrected chi connectivity index (χ1v) is 6.04. The van der Waals surface area contributed by atoms with Gasteiger partial charge in [-0.1, -0.05) is 32.0 Å². The summed E-state index contributed by atoms with van der Waals surface area (Å²) in [5.41, 5.74) is 1.96. The van der Waals surface area contributed by atoms with E-state index in [0.29, 0.717) is 12.3 Å². The van der Waals surface area contributed by atoms with Crippen LogP contribution < -0.4 is 0 Å². The lowest BCUT2D eigenvalue weighted by Crippen LogP contribution is -2.13.